The molecule has 0 aliphatic heterocycles. The molecule has 0 spiro atoms. The van der Waals surface area contributed by atoms with Gasteiger partial charge in [0.2, 0.25) is 0 Å². The van der Waals surface area contributed by atoms with Crippen LogP contribution in [0.4, 0.5) is 0 Å². The smallest absolute Gasteiger partial charge is 0.339 e. The summed E-state index contributed by atoms with van der Waals surface area (Å²) in [7, 11) is 0. The Labute approximate surface area is 299 Å². The summed E-state index contributed by atoms with van der Waals surface area (Å²) >= 11 is 0. The lowest BCUT2D eigenvalue weighted by Crippen LogP contribution is -2.47. The molecule has 0 fully saturated rings. The van der Waals surface area contributed by atoms with Gasteiger partial charge in [0.15, 0.2) is 24.7 Å². The van der Waals surface area contributed by atoms with Crippen LogP contribution in [-0.4, -0.2) is 46.8 Å². The van der Waals surface area contributed by atoms with E-state index >= 15 is 0 Å². The third-order valence-corrected chi connectivity index (χ3v) is 8.93. The van der Waals surface area contributed by atoms with E-state index in [2.05, 4.69) is 0 Å². The fourth-order valence-corrected chi connectivity index (χ4v) is 6.17. The molecule has 0 aliphatic rings. The van der Waals surface area contributed by atoms with E-state index in [1.165, 1.54) is 25.1 Å². The number of esters is 2. The number of rotatable bonds is 15. The molecule has 0 saturated heterocycles. The van der Waals surface area contributed by atoms with Crippen molar-refractivity contribution in [2.24, 2.45) is 11.5 Å². The van der Waals surface area contributed by atoms with Gasteiger partial charge in [-0.15, -0.1) is 0 Å². The molecule has 6 aromatic rings. The number of aliphatic hydroxyl groups is 2. The summed E-state index contributed by atoms with van der Waals surface area (Å²) in [6, 6.07) is 30.0. The number of carbonyl (C=O) groups is 2. The molecule has 0 aliphatic carbocycles. The first-order valence-corrected chi connectivity index (χ1v) is 16.6. The Hall–Kier alpha value is -5.66. The van der Waals surface area contributed by atoms with Gasteiger partial charge in [-0.05, 0) is 48.9 Å². The summed E-state index contributed by atoms with van der Waals surface area (Å²) in [6.07, 6.45) is -1.62. The fraction of sp³-hybridized carbons (Fsp3) is 0.250. The second-order valence-electron chi connectivity index (χ2n) is 12.9. The predicted octanol–water partition coefficient (Wildman–Crippen LogP) is 5.63. The van der Waals surface area contributed by atoms with Gasteiger partial charge in [0.05, 0.1) is 25.1 Å². The minimum Gasteiger partial charge on any atom is -0.482 e. The standard InChI is InChI=1S/C40H40N2O10/c1-39(27-17-19-47-23-27,51-31-15-7-11-25-9-3-5-13-29(25)31)21-33(41)49-37(45)35(43)36(44)38(46)50-34(42)22-40(2,28-18-20-48-24-28)52-32-16-8-12-26-10-4-6-14-30(26)32/h3-20,23-24,33-36,43-44H,21-22,41-42H2,1-2H3. The quantitative estimate of drug-likeness (QED) is 0.0762. The molecule has 2 aromatic heterocycles. The van der Waals surface area contributed by atoms with Gasteiger partial charge in [-0.25, -0.2) is 9.59 Å². The van der Waals surface area contributed by atoms with Crippen LogP contribution in [0, 0.1) is 0 Å². The van der Waals surface area contributed by atoms with Crippen LogP contribution < -0.4 is 20.9 Å². The highest BCUT2D eigenvalue weighted by Crippen LogP contribution is 2.38. The van der Waals surface area contributed by atoms with Crippen molar-refractivity contribution in [3.8, 4) is 11.5 Å². The average molecular weight is 709 g/mol. The zero-order valence-corrected chi connectivity index (χ0v) is 28.6. The van der Waals surface area contributed by atoms with E-state index in [9.17, 15) is 19.8 Å². The predicted molar refractivity (Wildman–Crippen MR) is 191 cm³/mol. The Balaban J connectivity index is 1.09. The molecule has 0 amide bonds. The maximum atomic E-state index is 12.9. The topological polar surface area (TPSA) is 190 Å². The third-order valence-electron chi connectivity index (χ3n) is 8.93. The van der Waals surface area contributed by atoms with Crippen molar-refractivity contribution < 1.29 is 47.6 Å². The largest absolute Gasteiger partial charge is 0.482 e. The zero-order valence-electron chi connectivity index (χ0n) is 28.6. The van der Waals surface area contributed by atoms with Crippen LogP contribution in [0.25, 0.3) is 21.5 Å². The van der Waals surface area contributed by atoms with Crippen molar-refractivity contribution in [3.63, 3.8) is 0 Å². The van der Waals surface area contributed by atoms with Gasteiger partial charge in [0, 0.05) is 34.7 Å². The molecule has 0 radical (unpaired) electrons. The van der Waals surface area contributed by atoms with Crippen LogP contribution in [0.5, 0.6) is 11.5 Å². The van der Waals surface area contributed by atoms with Crippen LogP contribution >= 0.6 is 0 Å². The van der Waals surface area contributed by atoms with Crippen molar-refractivity contribution in [2.45, 2.75) is 62.6 Å². The van der Waals surface area contributed by atoms with Crippen LogP contribution in [0.2, 0.25) is 0 Å². The van der Waals surface area contributed by atoms with Crippen LogP contribution in [-0.2, 0) is 30.3 Å². The molecule has 6 atom stereocenters. The molecule has 12 heteroatoms. The number of ether oxygens (including phenoxy) is 4. The summed E-state index contributed by atoms with van der Waals surface area (Å²) in [5, 5.41) is 24.9. The first-order valence-electron chi connectivity index (χ1n) is 16.6. The summed E-state index contributed by atoms with van der Waals surface area (Å²) in [5.41, 5.74) is 11.4. The van der Waals surface area contributed by atoms with Crippen LogP contribution in [0.1, 0.15) is 37.8 Å². The van der Waals surface area contributed by atoms with Gasteiger partial charge in [0.25, 0.3) is 0 Å². The maximum Gasteiger partial charge on any atom is 0.339 e. The number of aliphatic hydroxyl groups excluding tert-OH is 2. The van der Waals surface area contributed by atoms with E-state index in [-0.39, 0.29) is 12.8 Å². The lowest BCUT2D eigenvalue weighted by molar-refractivity contribution is -0.181. The molecule has 12 nitrogen and oxygen atoms in total. The monoisotopic (exact) mass is 708 g/mol. The lowest BCUT2D eigenvalue weighted by atomic mass is 9.93. The summed E-state index contributed by atoms with van der Waals surface area (Å²) in [5.74, 6) is -1.59. The second kappa shape index (κ2) is 15.3. The van der Waals surface area contributed by atoms with Gasteiger partial charge < -0.3 is 38.0 Å². The van der Waals surface area contributed by atoms with Gasteiger partial charge >= 0.3 is 11.9 Å². The minimum atomic E-state index is -2.34. The number of hydrogen-bond acceptors (Lipinski definition) is 12. The van der Waals surface area contributed by atoms with Crippen molar-refractivity contribution in [1.82, 2.24) is 0 Å². The van der Waals surface area contributed by atoms with Crippen molar-refractivity contribution >= 4 is 33.5 Å². The highest BCUT2D eigenvalue weighted by Gasteiger charge is 2.40. The summed E-state index contributed by atoms with van der Waals surface area (Å²) in [4.78, 5) is 25.9. The molecule has 6 rings (SSSR count). The Morgan fingerprint density at radius 2 is 1.00 bits per heavy atom. The van der Waals surface area contributed by atoms with E-state index in [0.29, 0.717) is 22.6 Å². The highest BCUT2D eigenvalue weighted by molar-refractivity contribution is 5.89. The minimum absolute atomic E-state index is 0.0943. The van der Waals surface area contributed by atoms with Gasteiger partial charge in [-0.1, -0.05) is 72.8 Å². The molecule has 6 N–H and O–H groups in total. The van der Waals surface area contributed by atoms with Crippen LogP contribution in [0.15, 0.2) is 131 Å². The SMILES string of the molecule is CC(CC(N)OC(=O)C(O)C(O)C(=O)OC(N)CC(C)(Oc1cccc2ccccc12)c1ccoc1)(Oc1cccc2ccccc12)c1ccoc1. The van der Waals surface area contributed by atoms with Crippen molar-refractivity contribution in [2.75, 3.05) is 0 Å². The van der Waals surface area contributed by atoms with E-state index in [4.69, 9.17) is 39.2 Å². The van der Waals surface area contributed by atoms with Crippen molar-refractivity contribution in [3.05, 3.63) is 133 Å². The number of hydrogen-bond donors (Lipinski definition) is 4. The molecule has 270 valence electrons. The van der Waals surface area contributed by atoms with E-state index in [0.717, 1.165) is 21.5 Å². The third kappa shape index (κ3) is 7.95. The maximum absolute atomic E-state index is 12.9. The van der Waals surface area contributed by atoms with E-state index in [1.54, 1.807) is 26.0 Å². The zero-order chi connectivity index (χ0) is 36.9. The Morgan fingerprint density at radius 1 is 0.615 bits per heavy atom. The van der Waals surface area contributed by atoms with Gasteiger partial charge in [-0.2, -0.15) is 0 Å². The first kappa shape index (κ1) is 36.1. The van der Waals surface area contributed by atoms with Gasteiger partial charge in [0.1, 0.15) is 22.7 Å². The van der Waals surface area contributed by atoms with E-state index in [1.807, 2.05) is 84.9 Å². The summed E-state index contributed by atoms with van der Waals surface area (Å²) < 4.78 is 34.1. The Morgan fingerprint density at radius 3 is 1.38 bits per heavy atom. The number of carbonyl (C=O) groups excluding carboxylic acids is 2. The average Bonchev–Trinajstić information content (AvgIpc) is 3.88. The number of fused-ring (bicyclic) bond motifs is 2. The van der Waals surface area contributed by atoms with Crippen molar-refractivity contribution in [1.29, 1.82) is 0 Å². The molecule has 0 saturated carbocycles. The second-order valence-corrected chi connectivity index (χ2v) is 12.9. The Kier molecular flexibility index (Phi) is 10.6. The highest BCUT2D eigenvalue weighted by atomic mass is 16.6. The molecular formula is C40H40N2O10. The summed E-state index contributed by atoms with van der Waals surface area (Å²) in [6.45, 7) is 3.50. The number of benzene rings is 4. The number of furan rings is 2. The van der Waals surface area contributed by atoms with Gasteiger partial charge in [-0.3, -0.25) is 11.5 Å². The molecule has 4 aromatic carbocycles. The molecule has 0 bridgehead atoms. The van der Waals surface area contributed by atoms with E-state index < -0.39 is 47.8 Å². The molecule has 52 heavy (non-hydrogen) atoms. The lowest BCUT2D eigenvalue weighted by Gasteiger charge is -2.33. The fourth-order valence-electron chi connectivity index (χ4n) is 6.17. The Bertz CT molecular complexity index is 1960. The first-order chi connectivity index (χ1) is 25.0. The normalized spacial score (nSPS) is 16.2. The molecule has 6 unspecified atom stereocenters. The van der Waals surface area contributed by atoms with Crippen LogP contribution in [0.3, 0.4) is 0 Å². The molecule has 2 heterocycles. The number of nitrogens with two attached hydrogens (primary N) is 2. The molecular weight excluding hydrogens is 668 g/mol.